The molecule has 1 fully saturated rings. The smallest absolute Gasteiger partial charge is 0.322 e. The Labute approximate surface area is 125 Å². The molecule has 1 N–H and O–H groups in total. The summed E-state index contributed by atoms with van der Waals surface area (Å²) in [7, 11) is 2.01. The number of aryl methyl sites for hydroxylation is 1. The van der Waals surface area contributed by atoms with Gasteiger partial charge in [0.2, 0.25) is 0 Å². The standard InChI is InChI=1S/C17H23N3O/c1-3-13-8-6-7-11-20(13)17(21)18-15-12-19(2)16-10-5-4-9-14(15)16/h4-5,9-10,12-13H,3,6-8,11H2,1-2H3,(H,18,21). The highest BCUT2D eigenvalue weighted by Gasteiger charge is 2.25. The van der Waals surface area contributed by atoms with Gasteiger partial charge in [0.05, 0.1) is 5.69 Å². The number of aromatic nitrogens is 1. The zero-order chi connectivity index (χ0) is 14.8. The minimum atomic E-state index is 0.0397. The van der Waals surface area contributed by atoms with Crippen LogP contribution in [0.4, 0.5) is 10.5 Å². The molecule has 1 aliphatic heterocycles. The van der Waals surface area contributed by atoms with E-state index >= 15 is 0 Å². The summed E-state index contributed by atoms with van der Waals surface area (Å²) in [6.45, 7) is 3.03. The van der Waals surface area contributed by atoms with Gasteiger partial charge in [0.1, 0.15) is 0 Å². The molecule has 1 atom stereocenters. The zero-order valence-corrected chi connectivity index (χ0v) is 12.8. The summed E-state index contributed by atoms with van der Waals surface area (Å²) < 4.78 is 2.05. The number of nitrogens with one attached hydrogen (secondary N) is 1. The predicted molar refractivity (Wildman–Crippen MR) is 86.6 cm³/mol. The van der Waals surface area contributed by atoms with Crippen LogP contribution in [-0.2, 0) is 7.05 Å². The lowest BCUT2D eigenvalue weighted by Crippen LogP contribution is -2.45. The summed E-state index contributed by atoms with van der Waals surface area (Å²) in [6, 6.07) is 8.57. The molecule has 0 spiro atoms. The molecule has 4 heteroatoms. The number of amides is 2. The van der Waals surface area contributed by atoms with Crippen molar-refractivity contribution in [3.05, 3.63) is 30.5 Å². The first-order chi connectivity index (χ1) is 10.2. The Morgan fingerprint density at radius 2 is 2.14 bits per heavy atom. The quantitative estimate of drug-likeness (QED) is 0.890. The number of anilines is 1. The van der Waals surface area contributed by atoms with Crippen LogP contribution < -0.4 is 5.32 Å². The van der Waals surface area contributed by atoms with Crippen LogP contribution >= 0.6 is 0 Å². The highest BCUT2D eigenvalue weighted by Crippen LogP contribution is 2.26. The average Bonchev–Trinajstić information content (AvgIpc) is 2.84. The number of nitrogens with zero attached hydrogens (tertiary/aromatic N) is 2. The van der Waals surface area contributed by atoms with E-state index in [-0.39, 0.29) is 6.03 Å². The number of piperidine rings is 1. The second kappa shape index (κ2) is 5.80. The minimum Gasteiger partial charge on any atom is -0.348 e. The number of carbonyl (C=O) groups is 1. The lowest BCUT2D eigenvalue weighted by atomic mass is 10.0. The van der Waals surface area contributed by atoms with E-state index in [2.05, 4.69) is 28.9 Å². The Balaban J connectivity index is 1.83. The van der Waals surface area contributed by atoms with E-state index in [1.54, 1.807) is 0 Å². The van der Waals surface area contributed by atoms with Crippen LogP contribution in [0.3, 0.4) is 0 Å². The lowest BCUT2D eigenvalue weighted by Gasteiger charge is -2.35. The Hall–Kier alpha value is -1.97. The van der Waals surface area contributed by atoms with Crippen molar-refractivity contribution in [2.45, 2.75) is 38.6 Å². The number of benzene rings is 1. The largest absolute Gasteiger partial charge is 0.348 e. The number of para-hydroxylation sites is 1. The maximum atomic E-state index is 12.6. The van der Waals surface area contributed by atoms with Crippen LogP contribution in [0.15, 0.2) is 30.5 Å². The molecule has 1 aromatic heterocycles. The van der Waals surface area contributed by atoms with Crippen LogP contribution in [0.1, 0.15) is 32.6 Å². The fourth-order valence-electron chi connectivity index (χ4n) is 3.32. The lowest BCUT2D eigenvalue weighted by molar-refractivity contribution is 0.160. The molecule has 1 aromatic carbocycles. The SMILES string of the molecule is CCC1CCCCN1C(=O)Nc1cn(C)c2ccccc12. The van der Waals surface area contributed by atoms with Crippen LogP contribution in [0.25, 0.3) is 10.9 Å². The summed E-state index contributed by atoms with van der Waals surface area (Å²) >= 11 is 0. The first-order valence-corrected chi connectivity index (χ1v) is 7.82. The summed E-state index contributed by atoms with van der Waals surface area (Å²) in [5, 5.41) is 4.20. The Morgan fingerprint density at radius 1 is 1.33 bits per heavy atom. The van der Waals surface area contributed by atoms with Crippen molar-refractivity contribution in [1.29, 1.82) is 0 Å². The van der Waals surface area contributed by atoms with Gasteiger partial charge in [-0.05, 0) is 31.7 Å². The fraction of sp³-hybridized carbons (Fsp3) is 0.471. The molecule has 1 unspecified atom stereocenters. The van der Waals surface area contributed by atoms with Gasteiger partial charge in [-0.15, -0.1) is 0 Å². The van der Waals surface area contributed by atoms with Crippen molar-refractivity contribution < 1.29 is 4.79 Å². The topological polar surface area (TPSA) is 37.3 Å². The van der Waals surface area contributed by atoms with Crippen molar-refractivity contribution in [2.75, 3.05) is 11.9 Å². The second-order valence-electron chi connectivity index (χ2n) is 5.85. The van der Waals surface area contributed by atoms with Crippen molar-refractivity contribution >= 4 is 22.6 Å². The molecule has 2 amide bonds. The Morgan fingerprint density at radius 3 is 2.95 bits per heavy atom. The van der Waals surface area contributed by atoms with E-state index in [1.165, 1.54) is 6.42 Å². The van der Waals surface area contributed by atoms with Crippen LogP contribution in [0.5, 0.6) is 0 Å². The fourth-order valence-corrected chi connectivity index (χ4v) is 3.32. The maximum absolute atomic E-state index is 12.6. The molecule has 1 saturated heterocycles. The summed E-state index contributed by atoms with van der Waals surface area (Å²) in [6.07, 6.45) is 6.49. The van der Waals surface area contributed by atoms with Gasteiger partial charge in [0.25, 0.3) is 0 Å². The molecule has 0 saturated carbocycles. The number of carbonyl (C=O) groups excluding carboxylic acids is 1. The van der Waals surface area contributed by atoms with Crippen molar-refractivity contribution in [2.24, 2.45) is 7.05 Å². The maximum Gasteiger partial charge on any atom is 0.322 e. The van der Waals surface area contributed by atoms with Gasteiger partial charge < -0.3 is 14.8 Å². The van der Waals surface area contributed by atoms with Gasteiger partial charge >= 0.3 is 6.03 Å². The number of likely N-dealkylation sites (tertiary alicyclic amines) is 1. The van der Waals surface area contributed by atoms with E-state index in [9.17, 15) is 4.79 Å². The number of hydrogen-bond acceptors (Lipinski definition) is 1. The van der Waals surface area contributed by atoms with E-state index in [0.29, 0.717) is 6.04 Å². The summed E-state index contributed by atoms with van der Waals surface area (Å²) in [4.78, 5) is 14.6. The Bertz CT molecular complexity index is 647. The minimum absolute atomic E-state index is 0.0397. The third-order valence-electron chi connectivity index (χ3n) is 4.50. The molecule has 0 bridgehead atoms. The van der Waals surface area contributed by atoms with E-state index in [4.69, 9.17) is 0 Å². The molecule has 112 valence electrons. The molecule has 0 radical (unpaired) electrons. The van der Waals surface area contributed by atoms with Gasteiger partial charge in [-0.1, -0.05) is 25.1 Å². The molecular weight excluding hydrogens is 262 g/mol. The second-order valence-corrected chi connectivity index (χ2v) is 5.85. The first-order valence-electron chi connectivity index (χ1n) is 7.82. The summed E-state index contributed by atoms with van der Waals surface area (Å²) in [5.41, 5.74) is 2.04. The molecule has 0 aliphatic carbocycles. The highest BCUT2D eigenvalue weighted by atomic mass is 16.2. The molecular formula is C17H23N3O. The number of urea groups is 1. The average molecular weight is 285 g/mol. The molecule has 3 rings (SSSR count). The van der Waals surface area contributed by atoms with Crippen molar-refractivity contribution in [1.82, 2.24) is 9.47 Å². The normalized spacial score (nSPS) is 19.0. The van der Waals surface area contributed by atoms with E-state index in [0.717, 1.165) is 42.4 Å². The molecule has 2 aromatic rings. The third kappa shape index (κ3) is 2.62. The number of hydrogen-bond donors (Lipinski definition) is 1. The molecule has 2 heterocycles. The number of fused-ring (bicyclic) bond motifs is 1. The summed E-state index contributed by atoms with van der Waals surface area (Å²) in [5.74, 6) is 0. The predicted octanol–water partition coefficient (Wildman–Crippen LogP) is 3.97. The third-order valence-corrected chi connectivity index (χ3v) is 4.50. The van der Waals surface area contributed by atoms with Gasteiger partial charge in [0, 0.05) is 36.7 Å². The molecule has 21 heavy (non-hydrogen) atoms. The van der Waals surface area contributed by atoms with Crippen LogP contribution in [0.2, 0.25) is 0 Å². The van der Waals surface area contributed by atoms with E-state index in [1.807, 2.05) is 30.3 Å². The van der Waals surface area contributed by atoms with Crippen LogP contribution in [-0.4, -0.2) is 28.1 Å². The van der Waals surface area contributed by atoms with Gasteiger partial charge in [-0.3, -0.25) is 0 Å². The molecule has 4 nitrogen and oxygen atoms in total. The van der Waals surface area contributed by atoms with Gasteiger partial charge in [-0.2, -0.15) is 0 Å². The van der Waals surface area contributed by atoms with Crippen molar-refractivity contribution in [3.63, 3.8) is 0 Å². The Kier molecular flexibility index (Phi) is 3.86. The molecule has 1 aliphatic rings. The first kappa shape index (κ1) is 14.0. The van der Waals surface area contributed by atoms with Gasteiger partial charge in [0.15, 0.2) is 0 Å². The van der Waals surface area contributed by atoms with Crippen LogP contribution in [0, 0.1) is 0 Å². The monoisotopic (exact) mass is 285 g/mol. The van der Waals surface area contributed by atoms with E-state index < -0.39 is 0 Å². The highest BCUT2D eigenvalue weighted by molar-refractivity contribution is 6.01. The zero-order valence-electron chi connectivity index (χ0n) is 12.8. The van der Waals surface area contributed by atoms with Crippen molar-refractivity contribution in [3.8, 4) is 0 Å². The number of rotatable bonds is 2. The van der Waals surface area contributed by atoms with Gasteiger partial charge in [-0.25, -0.2) is 4.79 Å².